The molecule has 0 bridgehead atoms. The van der Waals surface area contributed by atoms with Crippen LogP contribution < -0.4 is 9.46 Å². The summed E-state index contributed by atoms with van der Waals surface area (Å²) in [5, 5.41) is 9.49. The molecule has 1 aliphatic rings. The maximum absolute atomic E-state index is 12.1. The Balaban J connectivity index is 2.28. The molecule has 0 radical (unpaired) electrons. The first kappa shape index (κ1) is 16.2. The number of aliphatic hydroxyl groups excluding tert-OH is 1. The lowest BCUT2D eigenvalue weighted by Crippen LogP contribution is -2.45. The first-order valence-corrected chi connectivity index (χ1v) is 8.14. The summed E-state index contributed by atoms with van der Waals surface area (Å²) in [5.74, 6) is 0.616. The molecule has 0 amide bonds. The van der Waals surface area contributed by atoms with Crippen LogP contribution >= 0.6 is 0 Å². The molecular formula is C13H21N3O4S. The van der Waals surface area contributed by atoms with Crippen molar-refractivity contribution in [1.29, 1.82) is 0 Å². The van der Waals surface area contributed by atoms with Gasteiger partial charge < -0.3 is 9.84 Å². The lowest BCUT2D eigenvalue weighted by atomic mass is 9.76. The lowest BCUT2D eigenvalue weighted by molar-refractivity contribution is 0.0277. The van der Waals surface area contributed by atoms with Gasteiger partial charge in [-0.15, -0.1) is 0 Å². The highest BCUT2D eigenvalue weighted by atomic mass is 32.2. The van der Waals surface area contributed by atoms with Crippen molar-refractivity contribution in [3.05, 3.63) is 24.0 Å². The van der Waals surface area contributed by atoms with Gasteiger partial charge in [0.15, 0.2) is 0 Å². The van der Waals surface area contributed by atoms with E-state index in [9.17, 15) is 13.5 Å². The predicted octanol–water partition coefficient (Wildman–Crippen LogP) is 0.298. The van der Waals surface area contributed by atoms with Gasteiger partial charge in [-0.05, 0) is 30.4 Å². The number of ether oxygens (including phenoxy) is 1. The van der Waals surface area contributed by atoms with E-state index >= 15 is 0 Å². The summed E-state index contributed by atoms with van der Waals surface area (Å²) >= 11 is 0. The molecule has 1 aliphatic carbocycles. The topological polar surface area (TPSA) is 91.8 Å². The molecule has 1 saturated carbocycles. The van der Waals surface area contributed by atoms with E-state index in [4.69, 9.17) is 4.74 Å². The fourth-order valence-electron chi connectivity index (χ4n) is 2.32. The molecule has 0 unspecified atom stereocenters. The van der Waals surface area contributed by atoms with Crippen molar-refractivity contribution in [2.45, 2.75) is 25.0 Å². The lowest BCUT2D eigenvalue weighted by Gasteiger charge is -2.38. The van der Waals surface area contributed by atoms with E-state index in [1.165, 1.54) is 21.2 Å². The van der Waals surface area contributed by atoms with Gasteiger partial charge in [0, 0.05) is 20.3 Å². The molecule has 1 aromatic rings. The van der Waals surface area contributed by atoms with E-state index in [1.807, 2.05) is 0 Å². The fourth-order valence-corrected chi connectivity index (χ4v) is 3.18. The predicted molar refractivity (Wildman–Crippen MR) is 78.0 cm³/mol. The largest absolute Gasteiger partial charge is 0.495 e. The second kappa shape index (κ2) is 6.27. The zero-order valence-corrected chi connectivity index (χ0v) is 13.2. The van der Waals surface area contributed by atoms with Gasteiger partial charge in [-0.2, -0.15) is 17.4 Å². The number of nitrogens with one attached hydrogen (secondary N) is 1. The van der Waals surface area contributed by atoms with Crippen molar-refractivity contribution in [1.82, 2.24) is 14.0 Å². The van der Waals surface area contributed by atoms with Crippen LogP contribution in [0, 0.1) is 5.92 Å². The van der Waals surface area contributed by atoms with Crippen molar-refractivity contribution in [3.8, 4) is 5.75 Å². The van der Waals surface area contributed by atoms with Crippen LogP contribution in [0.25, 0.3) is 0 Å². The molecule has 2 rings (SSSR count). The zero-order chi connectivity index (χ0) is 15.6. The van der Waals surface area contributed by atoms with E-state index in [0.29, 0.717) is 18.6 Å². The van der Waals surface area contributed by atoms with Gasteiger partial charge in [0.25, 0.3) is 10.2 Å². The average molecular weight is 315 g/mol. The fraction of sp³-hybridized carbons (Fsp3) is 0.615. The van der Waals surface area contributed by atoms with Gasteiger partial charge >= 0.3 is 0 Å². The Bertz CT molecular complexity index is 585. The molecule has 0 aliphatic heterocycles. The van der Waals surface area contributed by atoms with E-state index in [2.05, 4.69) is 9.71 Å². The number of rotatable bonds is 6. The minimum atomic E-state index is -3.57. The highest BCUT2D eigenvalue weighted by Gasteiger charge is 2.37. The Kier molecular flexibility index (Phi) is 4.82. The minimum Gasteiger partial charge on any atom is -0.495 e. The summed E-state index contributed by atoms with van der Waals surface area (Å²) in [5.41, 5.74) is 0.733. The summed E-state index contributed by atoms with van der Waals surface area (Å²) in [6.45, 7) is 0. The SMILES string of the molecule is COc1cncc([C@@H](NS(=O)(=O)N(C)C)C2CC(O)C2)c1. The summed E-state index contributed by atoms with van der Waals surface area (Å²) in [4.78, 5) is 4.08. The third kappa shape index (κ3) is 3.70. The molecule has 2 N–H and O–H groups in total. The highest BCUT2D eigenvalue weighted by molar-refractivity contribution is 7.87. The van der Waals surface area contributed by atoms with Crippen molar-refractivity contribution >= 4 is 10.2 Å². The zero-order valence-electron chi connectivity index (χ0n) is 12.4. The molecule has 21 heavy (non-hydrogen) atoms. The van der Waals surface area contributed by atoms with Crippen LogP contribution in [0.1, 0.15) is 24.4 Å². The van der Waals surface area contributed by atoms with E-state index in [1.54, 1.807) is 18.5 Å². The first-order chi connectivity index (χ1) is 9.83. The number of pyridine rings is 1. The summed E-state index contributed by atoms with van der Waals surface area (Å²) in [6.07, 6.45) is 3.96. The van der Waals surface area contributed by atoms with Crippen LogP contribution in [0.5, 0.6) is 5.75 Å². The maximum atomic E-state index is 12.1. The van der Waals surface area contributed by atoms with E-state index in [0.717, 1.165) is 9.87 Å². The van der Waals surface area contributed by atoms with Crippen LogP contribution in [0.4, 0.5) is 0 Å². The second-order valence-corrected chi connectivity index (χ2v) is 7.34. The van der Waals surface area contributed by atoms with Crippen LogP contribution in [0.15, 0.2) is 18.5 Å². The standard InChI is InChI=1S/C13H21N3O4S/c1-16(2)21(18,19)15-13(9-4-11(17)5-9)10-6-12(20-3)8-14-7-10/h6-9,11,13,15,17H,4-5H2,1-3H3/t9?,11?,13-/m0/s1. The molecule has 1 atom stereocenters. The third-order valence-electron chi connectivity index (χ3n) is 3.71. The van der Waals surface area contributed by atoms with Gasteiger partial charge in [-0.25, -0.2) is 0 Å². The number of hydrogen-bond donors (Lipinski definition) is 2. The van der Waals surface area contributed by atoms with Crippen molar-refractivity contribution in [2.24, 2.45) is 5.92 Å². The van der Waals surface area contributed by atoms with Crippen LogP contribution in [-0.2, 0) is 10.2 Å². The van der Waals surface area contributed by atoms with Gasteiger partial charge in [0.05, 0.1) is 25.5 Å². The Hall–Kier alpha value is -1.22. The quantitative estimate of drug-likeness (QED) is 0.788. The molecule has 1 aromatic heterocycles. The molecule has 118 valence electrons. The van der Waals surface area contributed by atoms with Gasteiger partial charge in [0.2, 0.25) is 0 Å². The van der Waals surface area contributed by atoms with Gasteiger partial charge in [-0.3, -0.25) is 4.98 Å². The summed E-state index contributed by atoms with van der Waals surface area (Å²) < 4.78 is 33.1. The normalized spacial score (nSPS) is 23.7. The van der Waals surface area contributed by atoms with E-state index < -0.39 is 16.3 Å². The minimum absolute atomic E-state index is 0.0450. The van der Waals surface area contributed by atoms with Gasteiger partial charge in [0.1, 0.15) is 5.75 Å². The number of hydrogen-bond acceptors (Lipinski definition) is 5. The van der Waals surface area contributed by atoms with Gasteiger partial charge in [-0.1, -0.05) is 0 Å². The molecule has 8 heteroatoms. The molecule has 7 nitrogen and oxygen atoms in total. The third-order valence-corrected chi connectivity index (χ3v) is 5.22. The monoisotopic (exact) mass is 315 g/mol. The molecule has 0 aromatic carbocycles. The number of methoxy groups -OCH3 is 1. The van der Waals surface area contributed by atoms with Crippen molar-refractivity contribution < 1.29 is 18.3 Å². The first-order valence-electron chi connectivity index (χ1n) is 6.70. The Morgan fingerprint density at radius 3 is 2.62 bits per heavy atom. The molecule has 0 spiro atoms. The highest BCUT2D eigenvalue weighted by Crippen LogP contribution is 2.39. The van der Waals surface area contributed by atoms with Crippen LogP contribution in [0.3, 0.4) is 0 Å². The molecule has 1 fully saturated rings. The maximum Gasteiger partial charge on any atom is 0.279 e. The van der Waals surface area contributed by atoms with Crippen molar-refractivity contribution in [2.75, 3.05) is 21.2 Å². The van der Waals surface area contributed by atoms with Crippen LogP contribution in [-0.4, -0.2) is 50.1 Å². The summed E-state index contributed by atoms with van der Waals surface area (Å²) in [6, 6.07) is 1.34. The molecular weight excluding hydrogens is 294 g/mol. The summed E-state index contributed by atoms with van der Waals surface area (Å²) in [7, 11) is 0.906. The average Bonchev–Trinajstić information content (AvgIpc) is 2.41. The Morgan fingerprint density at radius 1 is 1.43 bits per heavy atom. The number of aromatic nitrogens is 1. The molecule has 0 saturated heterocycles. The Morgan fingerprint density at radius 2 is 2.10 bits per heavy atom. The number of aliphatic hydroxyl groups is 1. The Labute approximate surface area is 125 Å². The number of nitrogens with zero attached hydrogens (tertiary/aromatic N) is 2. The molecule has 1 heterocycles. The van der Waals surface area contributed by atoms with E-state index in [-0.39, 0.29) is 12.0 Å². The van der Waals surface area contributed by atoms with Crippen LogP contribution in [0.2, 0.25) is 0 Å². The van der Waals surface area contributed by atoms with Crippen molar-refractivity contribution in [3.63, 3.8) is 0 Å². The second-order valence-electron chi connectivity index (χ2n) is 5.43. The smallest absolute Gasteiger partial charge is 0.279 e.